The van der Waals surface area contributed by atoms with Crippen LogP contribution in [0.3, 0.4) is 0 Å². The number of halogens is 2. The summed E-state index contributed by atoms with van der Waals surface area (Å²) in [4.78, 5) is 2.67. The van der Waals surface area contributed by atoms with Crippen molar-refractivity contribution in [3.63, 3.8) is 0 Å². The zero-order valence-corrected chi connectivity index (χ0v) is 15.2. The van der Waals surface area contributed by atoms with E-state index in [4.69, 9.17) is 11.6 Å². The van der Waals surface area contributed by atoms with E-state index in [0.717, 1.165) is 35.0 Å². The summed E-state index contributed by atoms with van der Waals surface area (Å²) in [6, 6.07) is 6.86. The third kappa shape index (κ3) is 3.31. The van der Waals surface area contributed by atoms with Gasteiger partial charge in [-0.25, -0.2) is 0 Å². The maximum atomic E-state index is 6.44. The zero-order chi connectivity index (χ0) is 15.0. The first-order chi connectivity index (χ1) is 10.0. The molecule has 3 rings (SSSR count). The standard InChI is InChI=1S/C17H24BrClN2/c1-3-15-10-21(17(2,11-20-15)13-5-6-13)9-12-4-7-14(18)8-16(12)19/h4,7-8,13,15,20H,3,5-6,9-11H2,1-2H3. The van der Waals surface area contributed by atoms with Gasteiger partial charge in [0.1, 0.15) is 0 Å². The monoisotopic (exact) mass is 370 g/mol. The Labute approximate surface area is 141 Å². The lowest BCUT2D eigenvalue weighted by atomic mass is 9.88. The minimum atomic E-state index is 0.280. The van der Waals surface area contributed by atoms with Gasteiger partial charge in [-0.05, 0) is 49.8 Å². The molecule has 0 amide bonds. The van der Waals surface area contributed by atoms with Gasteiger partial charge in [-0.2, -0.15) is 0 Å². The average molecular weight is 372 g/mol. The fourth-order valence-corrected chi connectivity index (χ4v) is 4.22. The van der Waals surface area contributed by atoms with Crippen molar-refractivity contribution in [2.75, 3.05) is 13.1 Å². The smallest absolute Gasteiger partial charge is 0.0462 e. The maximum absolute atomic E-state index is 6.44. The van der Waals surface area contributed by atoms with E-state index in [1.807, 2.05) is 6.07 Å². The van der Waals surface area contributed by atoms with Crippen LogP contribution in [0.15, 0.2) is 22.7 Å². The van der Waals surface area contributed by atoms with Crippen molar-refractivity contribution < 1.29 is 0 Å². The Kier molecular flexibility index (Phi) is 4.66. The Morgan fingerprint density at radius 3 is 2.81 bits per heavy atom. The largest absolute Gasteiger partial charge is 0.311 e. The summed E-state index contributed by atoms with van der Waals surface area (Å²) in [5.74, 6) is 0.844. The molecule has 1 heterocycles. The summed E-state index contributed by atoms with van der Waals surface area (Å²) in [5.41, 5.74) is 1.52. The van der Waals surface area contributed by atoms with Gasteiger partial charge in [0, 0.05) is 40.7 Å². The molecule has 2 atom stereocenters. The normalized spacial score (nSPS) is 30.6. The van der Waals surface area contributed by atoms with Crippen molar-refractivity contribution in [3.05, 3.63) is 33.3 Å². The highest BCUT2D eigenvalue weighted by molar-refractivity contribution is 9.10. The molecule has 1 saturated heterocycles. The molecular weight excluding hydrogens is 348 g/mol. The van der Waals surface area contributed by atoms with Crippen molar-refractivity contribution in [2.24, 2.45) is 5.92 Å². The van der Waals surface area contributed by atoms with Gasteiger partial charge in [0.15, 0.2) is 0 Å². The summed E-state index contributed by atoms with van der Waals surface area (Å²) in [5, 5.41) is 4.61. The second-order valence-corrected chi connectivity index (χ2v) is 8.06. The maximum Gasteiger partial charge on any atom is 0.0462 e. The van der Waals surface area contributed by atoms with E-state index in [1.165, 1.54) is 24.8 Å². The number of benzene rings is 1. The van der Waals surface area contributed by atoms with Gasteiger partial charge in [-0.1, -0.05) is 40.5 Å². The average Bonchev–Trinajstić information content (AvgIpc) is 3.29. The Hall–Kier alpha value is -0.0900. The summed E-state index contributed by atoms with van der Waals surface area (Å²) >= 11 is 9.92. The van der Waals surface area contributed by atoms with Crippen LogP contribution in [0.2, 0.25) is 5.02 Å². The molecule has 0 radical (unpaired) electrons. The quantitative estimate of drug-likeness (QED) is 0.841. The lowest BCUT2D eigenvalue weighted by Gasteiger charge is -2.49. The van der Waals surface area contributed by atoms with Gasteiger partial charge in [-0.15, -0.1) is 0 Å². The molecule has 0 bridgehead atoms. The van der Waals surface area contributed by atoms with E-state index < -0.39 is 0 Å². The van der Waals surface area contributed by atoms with Crippen molar-refractivity contribution in [2.45, 2.75) is 51.2 Å². The lowest BCUT2D eigenvalue weighted by molar-refractivity contribution is 0.0271. The zero-order valence-electron chi connectivity index (χ0n) is 12.8. The summed E-state index contributed by atoms with van der Waals surface area (Å²) in [7, 11) is 0. The van der Waals surface area contributed by atoms with E-state index in [9.17, 15) is 0 Å². The number of nitrogens with one attached hydrogen (secondary N) is 1. The molecule has 2 nitrogen and oxygen atoms in total. The topological polar surface area (TPSA) is 15.3 Å². The van der Waals surface area contributed by atoms with Gasteiger partial charge in [-0.3, -0.25) is 4.90 Å². The van der Waals surface area contributed by atoms with Gasteiger partial charge >= 0.3 is 0 Å². The SMILES string of the molecule is CCC1CN(Cc2ccc(Br)cc2Cl)C(C)(C2CC2)CN1. The van der Waals surface area contributed by atoms with Gasteiger partial charge in [0.25, 0.3) is 0 Å². The van der Waals surface area contributed by atoms with Crippen molar-refractivity contribution in [1.82, 2.24) is 10.2 Å². The van der Waals surface area contributed by atoms with Crippen LogP contribution < -0.4 is 5.32 Å². The predicted molar refractivity (Wildman–Crippen MR) is 92.8 cm³/mol. The molecule has 2 aliphatic rings. The number of hydrogen-bond donors (Lipinski definition) is 1. The van der Waals surface area contributed by atoms with Crippen LogP contribution >= 0.6 is 27.5 Å². The predicted octanol–water partition coefficient (Wildman–Crippen LogP) is 4.46. The first-order valence-electron chi connectivity index (χ1n) is 7.95. The second-order valence-electron chi connectivity index (χ2n) is 6.73. The molecule has 2 unspecified atom stereocenters. The van der Waals surface area contributed by atoms with Crippen LogP contribution in [-0.2, 0) is 6.54 Å². The molecule has 2 fully saturated rings. The molecule has 21 heavy (non-hydrogen) atoms. The third-order valence-electron chi connectivity index (χ3n) is 5.24. The van der Waals surface area contributed by atoms with E-state index in [2.05, 4.69) is 52.1 Å². The van der Waals surface area contributed by atoms with E-state index in [-0.39, 0.29) is 5.54 Å². The summed E-state index contributed by atoms with van der Waals surface area (Å²) in [6.07, 6.45) is 3.93. The molecule has 1 aliphatic carbocycles. The molecular formula is C17H24BrClN2. The fourth-order valence-electron chi connectivity index (χ4n) is 3.48. The molecule has 0 spiro atoms. The van der Waals surface area contributed by atoms with Crippen molar-refractivity contribution >= 4 is 27.5 Å². The molecule has 1 saturated carbocycles. The summed E-state index contributed by atoms with van der Waals surface area (Å²) in [6.45, 7) is 7.87. The molecule has 1 aromatic rings. The molecule has 1 aliphatic heterocycles. The summed E-state index contributed by atoms with van der Waals surface area (Å²) < 4.78 is 1.05. The van der Waals surface area contributed by atoms with Crippen LogP contribution in [0.4, 0.5) is 0 Å². The van der Waals surface area contributed by atoms with Crippen LogP contribution in [-0.4, -0.2) is 29.6 Å². The molecule has 4 heteroatoms. The minimum absolute atomic E-state index is 0.280. The van der Waals surface area contributed by atoms with Crippen LogP contribution in [0.1, 0.15) is 38.7 Å². The van der Waals surface area contributed by atoms with Gasteiger partial charge < -0.3 is 5.32 Å². The minimum Gasteiger partial charge on any atom is -0.311 e. The molecule has 1 N–H and O–H groups in total. The Morgan fingerprint density at radius 2 is 2.19 bits per heavy atom. The van der Waals surface area contributed by atoms with Crippen LogP contribution in [0, 0.1) is 5.92 Å². The Balaban J connectivity index is 1.81. The Bertz CT molecular complexity index is 518. The van der Waals surface area contributed by atoms with Gasteiger partial charge in [0.2, 0.25) is 0 Å². The number of nitrogens with zero attached hydrogens (tertiary/aromatic N) is 1. The highest BCUT2D eigenvalue weighted by Gasteiger charge is 2.47. The second kappa shape index (κ2) is 6.19. The fraction of sp³-hybridized carbons (Fsp3) is 0.647. The number of rotatable bonds is 4. The highest BCUT2D eigenvalue weighted by atomic mass is 79.9. The first-order valence-corrected chi connectivity index (χ1v) is 9.12. The van der Waals surface area contributed by atoms with E-state index in [1.54, 1.807) is 0 Å². The van der Waals surface area contributed by atoms with E-state index in [0.29, 0.717) is 6.04 Å². The van der Waals surface area contributed by atoms with Gasteiger partial charge in [0.05, 0.1) is 0 Å². The van der Waals surface area contributed by atoms with Crippen LogP contribution in [0.25, 0.3) is 0 Å². The lowest BCUT2D eigenvalue weighted by Crippen LogP contribution is -2.63. The number of hydrogen-bond acceptors (Lipinski definition) is 2. The third-order valence-corrected chi connectivity index (χ3v) is 6.08. The van der Waals surface area contributed by atoms with Crippen LogP contribution in [0.5, 0.6) is 0 Å². The van der Waals surface area contributed by atoms with Crippen molar-refractivity contribution in [3.8, 4) is 0 Å². The van der Waals surface area contributed by atoms with E-state index >= 15 is 0 Å². The molecule has 0 aromatic heterocycles. The highest BCUT2D eigenvalue weighted by Crippen LogP contribution is 2.44. The first kappa shape index (κ1) is 15.8. The number of piperazine rings is 1. The molecule has 1 aromatic carbocycles. The Morgan fingerprint density at radius 1 is 1.43 bits per heavy atom. The molecule has 116 valence electrons. The van der Waals surface area contributed by atoms with Crippen molar-refractivity contribution in [1.29, 1.82) is 0 Å².